The van der Waals surface area contributed by atoms with Gasteiger partial charge in [0.05, 0.1) is 0 Å². The Balaban J connectivity index is 2.66. The zero-order chi connectivity index (χ0) is 12.0. The second-order valence-electron chi connectivity index (χ2n) is 3.62. The van der Waals surface area contributed by atoms with E-state index in [0.717, 1.165) is 22.9 Å². The van der Waals surface area contributed by atoms with Gasteiger partial charge in [-0.1, -0.05) is 35.4 Å². The molecule has 0 aliphatic rings. The highest BCUT2D eigenvalue weighted by molar-refractivity contribution is 9.10. The van der Waals surface area contributed by atoms with Gasteiger partial charge in [-0.3, -0.25) is 4.79 Å². The second-order valence-corrected chi connectivity index (χ2v) is 4.54. The van der Waals surface area contributed by atoms with Crippen LogP contribution in [0.2, 0.25) is 0 Å². The number of unbranched alkanes of at least 4 members (excludes halogenated alkanes) is 1. The third kappa shape index (κ3) is 3.81. The third-order valence-electron chi connectivity index (χ3n) is 2.22. The average Bonchev–Trinajstić information content (AvgIpc) is 2.24. The van der Waals surface area contributed by atoms with Crippen molar-refractivity contribution in [3.63, 3.8) is 0 Å². The summed E-state index contributed by atoms with van der Waals surface area (Å²) >= 11 is 3.37. The number of hydrogen-bond acceptors (Lipinski definition) is 1. The summed E-state index contributed by atoms with van der Waals surface area (Å²) in [6.45, 7) is 4.03. The van der Waals surface area contributed by atoms with E-state index in [1.54, 1.807) is 6.20 Å². The van der Waals surface area contributed by atoms with Gasteiger partial charge in [0.25, 0.3) is 5.91 Å². The molecule has 86 valence electrons. The first-order chi connectivity index (χ1) is 7.65. The summed E-state index contributed by atoms with van der Waals surface area (Å²) in [6.07, 6.45) is 5.75. The SMILES string of the molecule is CCC/C=C/NC(=O)c1ccc(Br)cc1C. The Morgan fingerprint density at radius 1 is 1.50 bits per heavy atom. The van der Waals surface area contributed by atoms with Crippen LogP contribution in [0.1, 0.15) is 35.7 Å². The van der Waals surface area contributed by atoms with Crippen LogP contribution < -0.4 is 5.32 Å². The van der Waals surface area contributed by atoms with Crippen LogP contribution in [-0.4, -0.2) is 5.91 Å². The monoisotopic (exact) mass is 281 g/mol. The van der Waals surface area contributed by atoms with E-state index in [4.69, 9.17) is 0 Å². The van der Waals surface area contributed by atoms with Crippen molar-refractivity contribution in [2.24, 2.45) is 0 Å². The highest BCUT2D eigenvalue weighted by Crippen LogP contribution is 2.15. The van der Waals surface area contributed by atoms with E-state index in [-0.39, 0.29) is 5.91 Å². The molecule has 2 nitrogen and oxygen atoms in total. The van der Waals surface area contributed by atoms with Crippen LogP contribution in [0.5, 0.6) is 0 Å². The quantitative estimate of drug-likeness (QED) is 0.894. The van der Waals surface area contributed by atoms with Gasteiger partial charge in [0, 0.05) is 16.2 Å². The van der Waals surface area contributed by atoms with Crippen LogP contribution in [0, 0.1) is 6.92 Å². The van der Waals surface area contributed by atoms with E-state index in [2.05, 4.69) is 28.2 Å². The zero-order valence-corrected chi connectivity index (χ0v) is 11.2. The molecule has 0 fully saturated rings. The molecule has 0 aliphatic carbocycles. The van der Waals surface area contributed by atoms with Crippen LogP contribution in [-0.2, 0) is 0 Å². The van der Waals surface area contributed by atoms with Gasteiger partial charge >= 0.3 is 0 Å². The fourth-order valence-corrected chi connectivity index (χ4v) is 1.82. The maximum absolute atomic E-state index is 11.8. The lowest BCUT2D eigenvalue weighted by Gasteiger charge is -2.04. The molecule has 0 saturated carbocycles. The maximum Gasteiger partial charge on any atom is 0.255 e. The Morgan fingerprint density at radius 2 is 2.25 bits per heavy atom. The largest absolute Gasteiger partial charge is 0.329 e. The minimum atomic E-state index is -0.0580. The molecule has 0 saturated heterocycles. The Hall–Kier alpha value is -1.09. The smallest absolute Gasteiger partial charge is 0.255 e. The van der Waals surface area contributed by atoms with Crippen molar-refractivity contribution >= 4 is 21.8 Å². The lowest BCUT2D eigenvalue weighted by molar-refractivity contribution is 0.0969. The van der Waals surface area contributed by atoms with Gasteiger partial charge in [-0.2, -0.15) is 0 Å². The van der Waals surface area contributed by atoms with Crippen LogP contribution in [0.25, 0.3) is 0 Å². The predicted octanol–water partition coefficient (Wildman–Crippen LogP) is 3.80. The van der Waals surface area contributed by atoms with Gasteiger partial charge in [0.2, 0.25) is 0 Å². The number of halogens is 1. The van der Waals surface area contributed by atoms with Crippen molar-refractivity contribution < 1.29 is 4.79 Å². The molecule has 0 radical (unpaired) electrons. The molecule has 0 aromatic heterocycles. The molecule has 1 N–H and O–H groups in total. The van der Waals surface area contributed by atoms with Crippen LogP contribution >= 0.6 is 15.9 Å². The van der Waals surface area contributed by atoms with Gasteiger partial charge in [-0.25, -0.2) is 0 Å². The molecule has 1 aromatic carbocycles. The highest BCUT2D eigenvalue weighted by Gasteiger charge is 2.06. The molecule has 0 bridgehead atoms. The highest BCUT2D eigenvalue weighted by atomic mass is 79.9. The van der Waals surface area contributed by atoms with Crippen LogP contribution in [0.4, 0.5) is 0 Å². The zero-order valence-electron chi connectivity index (χ0n) is 9.59. The lowest BCUT2D eigenvalue weighted by Crippen LogP contribution is -2.18. The molecule has 1 amide bonds. The molecular weight excluding hydrogens is 266 g/mol. The summed E-state index contributed by atoms with van der Waals surface area (Å²) in [7, 11) is 0. The number of benzene rings is 1. The Morgan fingerprint density at radius 3 is 2.88 bits per heavy atom. The predicted molar refractivity (Wildman–Crippen MR) is 70.4 cm³/mol. The van der Waals surface area contributed by atoms with Crippen LogP contribution in [0.3, 0.4) is 0 Å². The summed E-state index contributed by atoms with van der Waals surface area (Å²) in [5, 5.41) is 2.76. The van der Waals surface area contributed by atoms with E-state index >= 15 is 0 Å². The average molecular weight is 282 g/mol. The van der Waals surface area contributed by atoms with Crippen molar-refractivity contribution in [2.45, 2.75) is 26.7 Å². The van der Waals surface area contributed by atoms with Crippen molar-refractivity contribution in [3.8, 4) is 0 Å². The number of carbonyl (C=O) groups is 1. The summed E-state index contributed by atoms with van der Waals surface area (Å²) < 4.78 is 0.989. The van der Waals surface area contributed by atoms with Gasteiger partial charge in [-0.05, 0) is 37.1 Å². The Bertz CT molecular complexity index is 399. The standard InChI is InChI=1S/C13H16BrNO/c1-3-4-5-8-15-13(16)12-7-6-11(14)9-10(12)2/h5-9H,3-4H2,1-2H3,(H,15,16)/b8-5+. The summed E-state index contributed by atoms with van der Waals surface area (Å²) in [6, 6.07) is 5.63. The van der Waals surface area contributed by atoms with Gasteiger partial charge in [-0.15, -0.1) is 0 Å². The molecule has 1 aromatic rings. The number of nitrogens with one attached hydrogen (secondary N) is 1. The second kappa shape index (κ2) is 6.48. The van der Waals surface area contributed by atoms with E-state index in [9.17, 15) is 4.79 Å². The maximum atomic E-state index is 11.8. The molecule has 0 atom stereocenters. The van der Waals surface area contributed by atoms with Crippen molar-refractivity contribution in [2.75, 3.05) is 0 Å². The summed E-state index contributed by atoms with van der Waals surface area (Å²) in [4.78, 5) is 11.8. The summed E-state index contributed by atoms with van der Waals surface area (Å²) in [5.41, 5.74) is 1.68. The first-order valence-electron chi connectivity index (χ1n) is 5.37. The van der Waals surface area contributed by atoms with E-state index < -0.39 is 0 Å². The summed E-state index contributed by atoms with van der Waals surface area (Å²) in [5.74, 6) is -0.0580. The molecule has 0 heterocycles. The number of hydrogen-bond donors (Lipinski definition) is 1. The number of amides is 1. The van der Waals surface area contributed by atoms with Gasteiger partial charge in [0.15, 0.2) is 0 Å². The van der Waals surface area contributed by atoms with Crippen molar-refractivity contribution in [3.05, 3.63) is 46.1 Å². The molecular formula is C13H16BrNO. The first-order valence-corrected chi connectivity index (χ1v) is 6.16. The fraction of sp³-hybridized carbons (Fsp3) is 0.308. The topological polar surface area (TPSA) is 29.1 Å². The van der Waals surface area contributed by atoms with Gasteiger partial charge < -0.3 is 5.32 Å². The number of allylic oxidation sites excluding steroid dienone is 1. The molecule has 3 heteroatoms. The Labute approximate surface area is 105 Å². The molecule has 0 spiro atoms. The number of aryl methyl sites for hydroxylation is 1. The molecule has 0 aliphatic heterocycles. The number of rotatable bonds is 4. The molecule has 0 unspecified atom stereocenters. The molecule has 1 rings (SSSR count). The van der Waals surface area contributed by atoms with E-state index in [1.165, 1.54) is 0 Å². The number of carbonyl (C=O) groups excluding carboxylic acids is 1. The van der Waals surface area contributed by atoms with E-state index in [1.807, 2.05) is 31.2 Å². The van der Waals surface area contributed by atoms with Crippen molar-refractivity contribution in [1.82, 2.24) is 5.32 Å². The lowest BCUT2D eigenvalue weighted by atomic mass is 10.1. The first kappa shape index (κ1) is 13.0. The minimum Gasteiger partial charge on any atom is -0.329 e. The van der Waals surface area contributed by atoms with E-state index in [0.29, 0.717) is 5.56 Å². The fourth-order valence-electron chi connectivity index (χ4n) is 1.34. The Kier molecular flexibility index (Phi) is 5.26. The normalized spacial score (nSPS) is 10.7. The van der Waals surface area contributed by atoms with Crippen molar-refractivity contribution in [1.29, 1.82) is 0 Å². The van der Waals surface area contributed by atoms with Crippen LogP contribution in [0.15, 0.2) is 34.9 Å². The molecule has 16 heavy (non-hydrogen) atoms. The third-order valence-corrected chi connectivity index (χ3v) is 2.71. The minimum absolute atomic E-state index is 0.0580. The van der Waals surface area contributed by atoms with Gasteiger partial charge in [0.1, 0.15) is 0 Å².